The molecule has 0 unspecified atom stereocenters. The Morgan fingerprint density at radius 1 is 1.29 bits per heavy atom. The average molecular weight is 192 g/mol. The maximum atomic E-state index is 11.3. The number of carbonyl (C=O) groups excluding carboxylic acids is 1. The fourth-order valence-corrected chi connectivity index (χ4v) is 1.08. The number of rotatable bonds is 4. The Balaban J connectivity index is 1.77. The van der Waals surface area contributed by atoms with E-state index in [2.05, 4.69) is 0 Å². The minimum Gasteiger partial charge on any atom is -0.435 e. The zero-order valence-electron chi connectivity index (χ0n) is 7.81. The summed E-state index contributed by atoms with van der Waals surface area (Å²) in [6.45, 7) is 0.0679. The Kier molecular flexibility index (Phi) is 2.79. The number of carbonyl (C=O) groups is 1. The van der Waals surface area contributed by atoms with Crippen molar-refractivity contribution in [2.45, 2.75) is 18.9 Å². The molecule has 0 spiro atoms. The van der Waals surface area contributed by atoms with Crippen LogP contribution in [0.25, 0.3) is 0 Å². The van der Waals surface area contributed by atoms with Gasteiger partial charge in [-0.25, -0.2) is 4.79 Å². The lowest BCUT2D eigenvalue weighted by Crippen LogP contribution is -2.09. The summed E-state index contributed by atoms with van der Waals surface area (Å²) in [7, 11) is 0. The number of hydrogen-bond donors (Lipinski definition) is 0. The molecule has 0 aliphatic heterocycles. The van der Waals surface area contributed by atoms with E-state index in [1.807, 2.05) is 6.07 Å². The summed E-state index contributed by atoms with van der Waals surface area (Å²) in [6.07, 6.45) is 2.49. The molecule has 0 heterocycles. The van der Waals surface area contributed by atoms with E-state index in [1.54, 1.807) is 24.3 Å². The van der Waals surface area contributed by atoms with E-state index in [0.717, 1.165) is 12.8 Å². The fourth-order valence-electron chi connectivity index (χ4n) is 1.08. The van der Waals surface area contributed by atoms with Crippen molar-refractivity contribution in [1.82, 2.24) is 0 Å². The van der Waals surface area contributed by atoms with E-state index in [9.17, 15) is 4.79 Å². The van der Waals surface area contributed by atoms with Crippen molar-refractivity contribution in [3.8, 4) is 0 Å². The SMILES string of the molecule is O=C(OCOC1CC1)c1ccccc1. The van der Waals surface area contributed by atoms with Crippen molar-refractivity contribution in [2.24, 2.45) is 0 Å². The second-order valence-corrected chi connectivity index (χ2v) is 3.28. The molecule has 1 aromatic carbocycles. The van der Waals surface area contributed by atoms with Crippen LogP contribution in [0.5, 0.6) is 0 Å². The highest BCUT2D eigenvalue weighted by atomic mass is 16.7. The van der Waals surface area contributed by atoms with E-state index >= 15 is 0 Å². The van der Waals surface area contributed by atoms with Crippen LogP contribution in [0.1, 0.15) is 23.2 Å². The molecule has 1 aliphatic rings. The molecular formula is C11H12O3. The predicted octanol–water partition coefficient (Wildman–Crippen LogP) is 1.98. The first kappa shape index (κ1) is 9.21. The number of ether oxygens (including phenoxy) is 2. The van der Waals surface area contributed by atoms with Gasteiger partial charge in [0, 0.05) is 0 Å². The van der Waals surface area contributed by atoms with Crippen molar-refractivity contribution in [3.05, 3.63) is 35.9 Å². The highest BCUT2D eigenvalue weighted by Crippen LogP contribution is 2.23. The monoisotopic (exact) mass is 192 g/mol. The van der Waals surface area contributed by atoms with Crippen LogP contribution >= 0.6 is 0 Å². The van der Waals surface area contributed by atoms with Crippen LogP contribution in [-0.2, 0) is 9.47 Å². The Bertz CT molecular complexity index is 304. The molecule has 74 valence electrons. The van der Waals surface area contributed by atoms with Gasteiger partial charge in [-0.1, -0.05) is 18.2 Å². The van der Waals surface area contributed by atoms with Crippen LogP contribution in [-0.4, -0.2) is 18.9 Å². The molecule has 0 saturated heterocycles. The van der Waals surface area contributed by atoms with E-state index in [0.29, 0.717) is 11.7 Å². The first-order valence-electron chi connectivity index (χ1n) is 4.70. The van der Waals surface area contributed by atoms with Crippen LogP contribution in [0.2, 0.25) is 0 Å². The lowest BCUT2D eigenvalue weighted by molar-refractivity contribution is -0.0380. The topological polar surface area (TPSA) is 35.5 Å². The number of esters is 1. The molecule has 14 heavy (non-hydrogen) atoms. The highest BCUT2D eigenvalue weighted by molar-refractivity contribution is 5.89. The van der Waals surface area contributed by atoms with Crippen LogP contribution < -0.4 is 0 Å². The molecule has 0 aromatic heterocycles. The zero-order chi connectivity index (χ0) is 9.80. The average Bonchev–Trinajstić information content (AvgIpc) is 3.03. The molecule has 1 fully saturated rings. The second-order valence-electron chi connectivity index (χ2n) is 3.28. The summed E-state index contributed by atoms with van der Waals surface area (Å²) in [5.74, 6) is -0.328. The van der Waals surface area contributed by atoms with Gasteiger partial charge in [0.15, 0.2) is 6.79 Å². The van der Waals surface area contributed by atoms with Gasteiger partial charge in [0.1, 0.15) is 0 Å². The molecule has 0 amide bonds. The van der Waals surface area contributed by atoms with Gasteiger partial charge < -0.3 is 9.47 Å². The fraction of sp³-hybridized carbons (Fsp3) is 0.364. The molecule has 3 nitrogen and oxygen atoms in total. The quantitative estimate of drug-likeness (QED) is 0.540. The largest absolute Gasteiger partial charge is 0.435 e. The van der Waals surface area contributed by atoms with Gasteiger partial charge in [-0.3, -0.25) is 0 Å². The van der Waals surface area contributed by atoms with E-state index in [1.165, 1.54) is 0 Å². The second kappa shape index (κ2) is 4.24. The van der Waals surface area contributed by atoms with Crippen LogP contribution in [0.3, 0.4) is 0 Å². The summed E-state index contributed by atoms with van der Waals surface area (Å²) in [5.41, 5.74) is 0.562. The van der Waals surface area contributed by atoms with Gasteiger partial charge >= 0.3 is 5.97 Å². The first-order chi connectivity index (χ1) is 6.86. The van der Waals surface area contributed by atoms with E-state index in [-0.39, 0.29) is 12.8 Å². The predicted molar refractivity (Wildman–Crippen MR) is 50.8 cm³/mol. The van der Waals surface area contributed by atoms with Gasteiger partial charge in [-0.2, -0.15) is 0 Å². The minimum atomic E-state index is -0.328. The lowest BCUT2D eigenvalue weighted by Gasteiger charge is -2.04. The van der Waals surface area contributed by atoms with Crippen molar-refractivity contribution in [2.75, 3.05) is 6.79 Å². The Labute approximate surface area is 82.6 Å². The number of benzene rings is 1. The van der Waals surface area contributed by atoms with Crippen molar-refractivity contribution >= 4 is 5.97 Å². The third kappa shape index (κ3) is 2.57. The summed E-state index contributed by atoms with van der Waals surface area (Å²) >= 11 is 0. The molecule has 0 N–H and O–H groups in total. The molecular weight excluding hydrogens is 180 g/mol. The summed E-state index contributed by atoms with van der Waals surface area (Å²) in [6, 6.07) is 8.91. The Hall–Kier alpha value is -1.35. The molecule has 3 heteroatoms. The van der Waals surface area contributed by atoms with Gasteiger partial charge in [-0.15, -0.1) is 0 Å². The molecule has 1 aromatic rings. The molecule has 1 aliphatic carbocycles. The maximum absolute atomic E-state index is 11.3. The standard InChI is InChI=1S/C11H12O3/c12-11(9-4-2-1-3-5-9)14-8-13-10-6-7-10/h1-5,10H,6-8H2. The summed E-state index contributed by atoms with van der Waals surface area (Å²) < 4.78 is 10.1. The summed E-state index contributed by atoms with van der Waals surface area (Å²) in [4.78, 5) is 11.3. The number of hydrogen-bond acceptors (Lipinski definition) is 3. The molecule has 2 rings (SSSR count). The maximum Gasteiger partial charge on any atom is 0.340 e. The van der Waals surface area contributed by atoms with Gasteiger partial charge in [-0.05, 0) is 25.0 Å². The third-order valence-electron chi connectivity index (χ3n) is 2.03. The smallest absolute Gasteiger partial charge is 0.340 e. The van der Waals surface area contributed by atoms with Gasteiger partial charge in [0.2, 0.25) is 0 Å². The minimum absolute atomic E-state index is 0.0679. The van der Waals surface area contributed by atoms with Crippen molar-refractivity contribution < 1.29 is 14.3 Å². The Morgan fingerprint density at radius 2 is 2.00 bits per heavy atom. The van der Waals surface area contributed by atoms with Crippen LogP contribution in [0, 0.1) is 0 Å². The van der Waals surface area contributed by atoms with Crippen molar-refractivity contribution in [1.29, 1.82) is 0 Å². The molecule has 0 atom stereocenters. The molecule has 0 radical (unpaired) electrons. The van der Waals surface area contributed by atoms with Gasteiger partial charge in [0.25, 0.3) is 0 Å². The third-order valence-corrected chi connectivity index (χ3v) is 2.03. The van der Waals surface area contributed by atoms with E-state index in [4.69, 9.17) is 9.47 Å². The zero-order valence-corrected chi connectivity index (χ0v) is 7.81. The van der Waals surface area contributed by atoms with Crippen molar-refractivity contribution in [3.63, 3.8) is 0 Å². The molecule has 0 bridgehead atoms. The van der Waals surface area contributed by atoms with E-state index < -0.39 is 0 Å². The van der Waals surface area contributed by atoms with Crippen LogP contribution in [0.15, 0.2) is 30.3 Å². The van der Waals surface area contributed by atoms with Gasteiger partial charge in [0.05, 0.1) is 11.7 Å². The van der Waals surface area contributed by atoms with Crippen LogP contribution in [0.4, 0.5) is 0 Å². The molecule has 1 saturated carbocycles. The summed E-state index contributed by atoms with van der Waals surface area (Å²) in [5, 5.41) is 0. The highest BCUT2D eigenvalue weighted by Gasteiger charge is 2.22. The lowest BCUT2D eigenvalue weighted by atomic mass is 10.2. The first-order valence-corrected chi connectivity index (χ1v) is 4.70. The Morgan fingerprint density at radius 3 is 2.64 bits per heavy atom. The normalized spacial score (nSPS) is 15.1.